The molecule has 8 heteroatoms. The highest BCUT2D eigenvalue weighted by Gasteiger charge is 2.36. The van der Waals surface area contributed by atoms with Crippen LogP contribution in [0.3, 0.4) is 0 Å². The lowest BCUT2D eigenvalue weighted by atomic mass is 10.0. The van der Waals surface area contributed by atoms with Crippen LogP contribution in [-0.2, 0) is 17.8 Å². The van der Waals surface area contributed by atoms with Gasteiger partial charge < -0.3 is 15.0 Å². The van der Waals surface area contributed by atoms with Crippen LogP contribution in [0.1, 0.15) is 21.7 Å². The van der Waals surface area contributed by atoms with Crippen molar-refractivity contribution >= 4 is 23.5 Å². The normalized spacial score (nSPS) is 17.4. The summed E-state index contributed by atoms with van der Waals surface area (Å²) >= 11 is 5.78. The Morgan fingerprint density at radius 3 is 2.95 bits per heavy atom. The third-order valence-corrected chi connectivity index (χ3v) is 3.63. The van der Waals surface area contributed by atoms with E-state index in [0.717, 1.165) is 5.69 Å². The van der Waals surface area contributed by atoms with Crippen LogP contribution >= 0.6 is 11.6 Å². The van der Waals surface area contributed by atoms with Gasteiger partial charge in [0.2, 0.25) is 0 Å². The number of imidazole rings is 1. The first-order chi connectivity index (χ1) is 10.1. The molecule has 0 aliphatic carbocycles. The van der Waals surface area contributed by atoms with Gasteiger partial charge in [0.1, 0.15) is 11.2 Å². The topological polar surface area (TPSA) is 99.2 Å². The monoisotopic (exact) mass is 306 g/mol. The van der Waals surface area contributed by atoms with Gasteiger partial charge >= 0.3 is 5.97 Å². The lowest BCUT2D eigenvalue weighted by Gasteiger charge is -2.32. The van der Waals surface area contributed by atoms with E-state index in [1.807, 2.05) is 0 Å². The Bertz CT molecular complexity index is 715. The number of nitrogens with zero attached hydrogens (tertiary/aromatic N) is 3. The molecule has 1 amide bonds. The molecule has 108 valence electrons. The molecule has 2 aromatic rings. The number of pyridine rings is 1. The molecule has 2 aromatic heterocycles. The van der Waals surface area contributed by atoms with Crippen LogP contribution in [-0.4, -0.2) is 42.9 Å². The molecule has 0 saturated carbocycles. The Hall–Kier alpha value is -2.41. The summed E-state index contributed by atoms with van der Waals surface area (Å²) in [6, 6.07) is 1.99. The number of hydrogen-bond acceptors (Lipinski definition) is 4. The van der Waals surface area contributed by atoms with Crippen molar-refractivity contribution < 1.29 is 14.7 Å². The number of carbonyl (C=O) groups is 2. The van der Waals surface area contributed by atoms with Gasteiger partial charge in [-0.2, -0.15) is 0 Å². The average Bonchev–Trinajstić information content (AvgIpc) is 2.92. The predicted octanol–water partition coefficient (Wildman–Crippen LogP) is 1.11. The number of aliphatic carboxylic acids is 1. The highest BCUT2D eigenvalue weighted by molar-refractivity contribution is 6.29. The Balaban J connectivity index is 1.95. The minimum atomic E-state index is -1.06. The molecule has 3 heterocycles. The fourth-order valence-corrected chi connectivity index (χ4v) is 2.55. The molecule has 1 atom stereocenters. The van der Waals surface area contributed by atoms with E-state index >= 15 is 0 Å². The number of nitrogens with one attached hydrogen (secondary N) is 1. The maximum absolute atomic E-state index is 12.5. The Morgan fingerprint density at radius 1 is 1.43 bits per heavy atom. The first-order valence-electron chi connectivity index (χ1n) is 6.22. The van der Waals surface area contributed by atoms with Gasteiger partial charge in [-0.25, -0.2) is 14.8 Å². The maximum Gasteiger partial charge on any atom is 0.326 e. The molecule has 0 spiro atoms. The molecule has 2 N–H and O–H groups in total. The first kappa shape index (κ1) is 13.6. The Labute approximate surface area is 124 Å². The zero-order valence-electron chi connectivity index (χ0n) is 10.8. The minimum absolute atomic E-state index is 0.172. The smallest absolute Gasteiger partial charge is 0.326 e. The predicted molar refractivity (Wildman–Crippen MR) is 72.8 cm³/mol. The number of amides is 1. The molecule has 0 radical (unpaired) electrons. The third kappa shape index (κ3) is 2.47. The first-order valence-corrected chi connectivity index (χ1v) is 6.60. The average molecular weight is 307 g/mol. The molecule has 7 nitrogen and oxygen atoms in total. The molecule has 0 saturated heterocycles. The fourth-order valence-electron chi connectivity index (χ4n) is 2.37. The highest BCUT2D eigenvalue weighted by atomic mass is 35.5. The molecule has 0 bridgehead atoms. The van der Waals surface area contributed by atoms with E-state index in [4.69, 9.17) is 11.6 Å². The quantitative estimate of drug-likeness (QED) is 0.810. The van der Waals surface area contributed by atoms with Gasteiger partial charge in [-0.3, -0.25) is 4.79 Å². The number of hydrogen-bond donors (Lipinski definition) is 2. The lowest BCUT2D eigenvalue weighted by molar-refractivity contribution is -0.142. The van der Waals surface area contributed by atoms with Crippen molar-refractivity contribution in [3.63, 3.8) is 0 Å². The Morgan fingerprint density at radius 2 is 2.24 bits per heavy atom. The fraction of sp³-hybridized carbons (Fsp3) is 0.231. The summed E-state index contributed by atoms with van der Waals surface area (Å²) in [5, 5.41) is 9.54. The minimum Gasteiger partial charge on any atom is -0.480 e. The number of H-pyrrole nitrogens is 1. The third-order valence-electron chi connectivity index (χ3n) is 3.42. The van der Waals surface area contributed by atoms with E-state index in [2.05, 4.69) is 15.0 Å². The van der Waals surface area contributed by atoms with E-state index in [-0.39, 0.29) is 18.1 Å². The second-order valence-electron chi connectivity index (χ2n) is 4.69. The summed E-state index contributed by atoms with van der Waals surface area (Å²) in [5.41, 5.74) is 1.74. The van der Waals surface area contributed by atoms with Crippen molar-refractivity contribution in [3.8, 4) is 0 Å². The van der Waals surface area contributed by atoms with Gasteiger partial charge in [0, 0.05) is 18.2 Å². The molecule has 0 fully saturated rings. The standard InChI is InChI=1S/C13H11ClN4O3/c14-11-3-7(1-2-15-11)12(19)18-5-9-8(16-6-17-9)4-10(18)13(20)21/h1-3,6,10H,4-5H2,(H,16,17)(H,20,21). The number of halogens is 1. The van der Waals surface area contributed by atoms with E-state index < -0.39 is 17.9 Å². The van der Waals surface area contributed by atoms with E-state index in [0.29, 0.717) is 11.3 Å². The van der Waals surface area contributed by atoms with Crippen molar-refractivity contribution in [1.82, 2.24) is 19.9 Å². The lowest BCUT2D eigenvalue weighted by Crippen LogP contribution is -2.48. The zero-order valence-corrected chi connectivity index (χ0v) is 11.5. The van der Waals surface area contributed by atoms with Gasteiger partial charge in [-0.05, 0) is 12.1 Å². The summed E-state index contributed by atoms with van der Waals surface area (Å²) in [4.78, 5) is 36.1. The number of carboxylic acid groups (broad SMARTS) is 1. The number of carboxylic acids is 1. The molecule has 3 rings (SSSR count). The molecular formula is C13H11ClN4O3. The number of fused-ring (bicyclic) bond motifs is 1. The SMILES string of the molecule is O=C(O)C1Cc2nc[nH]c2CN1C(=O)c1ccnc(Cl)c1. The molecule has 21 heavy (non-hydrogen) atoms. The van der Waals surface area contributed by atoms with Gasteiger partial charge in [-0.1, -0.05) is 11.6 Å². The van der Waals surface area contributed by atoms with Crippen molar-refractivity contribution in [2.75, 3.05) is 0 Å². The molecule has 1 unspecified atom stereocenters. The maximum atomic E-state index is 12.5. The van der Waals surface area contributed by atoms with Crippen LogP contribution in [0.15, 0.2) is 24.7 Å². The largest absolute Gasteiger partial charge is 0.480 e. The van der Waals surface area contributed by atoms with Crippen molar-refractivity contribution in [2.45, 2.75) is 19.0 Å². The van der Waals surface area contributed by atoms with E-state index in [9.17, 15) is 14.7 Å². The number of carbonyl (C=O) groups excluding carboxylic acids is 1. The summed E-state index contributed by atoms with van der Waals surface area (Å²) in [6.07, 6.45) is 3.09. The van der Waals surface area contributed by atoms with Crippen LogP contribution in [0, 0.1) is 0 Å². The van der Waals surface area contributed by atoms with Crippen LogP contribution in [0.4, 0.5) is 0 Å². The van der Waals surface area contributed by atoms with Gasteiger partial charge in [0.15, 0.2) is 0 Å². The molecular weight excluding hydrogens is 296 g/mol. The van der Waals surface area contributed by atoms with E-state index in [1.165, 1.54) is 29.6 Å². The van der Waals surface area contributed by atoms with Gasteiger partial charge in [0.25, 0.3) is 5.91 Å². The summed E-state index contributed by atoms with van der Waals surface area (Å²) < 4.78 is 0. The number of rotatable bonds is 2. The van der Waals surface area contributed by atoms with Crippen LogP contribution < -0.4 is 0 Å². The molecule has 1 aliphatic heterocycles. The zero-order chi connectivity index (χ0) is 15.0. The summed E-state index contributed by atoms with van der Waals surface area (Å²) in [5.74, 6) is -1.45. The van der Waals surface area contributed by atoms with Gasteiger partial charge in [0.05, 0.1) is 24.3 Å². The second-order valence-corrected chi connectivity index (χ2v) is 5.07. The molecule has 1 aliphatic rings. The Kier molecular flexibility index (Phi) is 3.34. The van der Waals surface area contributed by atoms with Crippen molar-refractivity contribution in [3.05, 3.63) is 46.8 Å². The molecule has 0 aromatic carbocycles. The van der Waals surface area contributed by atoms with Crippen LogP contribution in [0.2, 0.25) is 5.15 Å². The summed E-state index contributed by atoms with van der Waals surface area (Å²) in [6.45, 7) is 0.172. The number of aromatic nitrogens is 3. The number of aromatic amines is 1. The van der Waals surface area contributed by atoms with Gasteiger partial charge in [-0.15, -0.1) is 0 Å². The van der Waals surface area contributed by atoms with Crippen LogP contribution in [0.5, 0.6) is 0 Å². The van der Waals surface area contributed by atoms with E-state index in [1.54, 1.807) is 0 Å². The van der Waals surface area contributed by atoms with Crippen LogP contribution in [0.25, 0.3) is 0 Å². The second kappa shape index (κ2) is 5.17. The van der Waals surface area contributed by atoms with Crippen molar-refractivity contribution in [1.29, 1.82) is 0 Å². The van der Waals surface area contributed by atoms with Crippen molar-refractivity contribution in [2.24, 2.45) is 0 Å². The summed E-state index contributed by atoms with van der Waals surface area (Å²) in [7, 11) is 0. The highest BCUT2D eigenvalue weighted by Crippen LogP contribution is 2.23.